The van der Waals surface area contributed by atoms with E-state index in [-0.39, 0.29) is 24.1 Å². The average molecular weight is 270 g/mol. The molecular formula is C10H11ClF3NS. The van der Waals surface area contributed by atoms with Crippen LogP contribution < -0.4 is 5.32 Å². The van der Waals surface area contributed by atoms with Crippen LogP contribution in [-0.4, -0.2) is 17.8 Å². The van der Waals surface area contributed by atoms with E-state index in [0.29, 0.717) is 5.02 Å². The highest BCUT2D eigenvalue weighted by molar-refractivity contribution is 8.00. The van der Waals surface area contributed by atoms with Crippen LogP contribution in [0, 0.1) is 6.92 Å². The van der Waals surface area contributed by atoms with Crippen LogP contribution in [0.1, 0.15) is 5.56 Å². The minimum Gasteiger partial charge on any atom is -0.384 e. The molecule has 0 spiro atoms. The van der Waals surface area contributed by atoms with Gasteiger partial charge in [0.1, 0.15) is 0 Å². The van der Waals surface area contributed by atoms with Crippen LogP contribution in [0.15, 0.2) is 18.2 Å². The first kappa shape index (κ1) is 13.5. The fourth-order valence-corrected chi connectivity index (χ4v) is 1.74. The number of aryl methyl sites for hydroxylation is 1. The van der Waals surface area contributed by atoms with Gasteiger partial charge in [-0.3, -0.25) is 0 Å². The number of rotatable bonds is 4. The number of alkyl halides is 3. The summed E-state index contributed by atoms with van der Waals surface area (Å²) in [5, 5.41) is 3.49. The van der Waals surface area contributed by atoms with Gasteiger partial charge in [0, 0.05) is 23.0 Å². The number of hydrogen-bond acceptors (Lipinski definition) is 2. The number of hydrogen-bond donors (Lipinski definition) is 1. The van der Waals surface area contributed by atoms with Gasteiger partial charge in [0.2, 0.25) is 0 Å². The van der Waals surface area contributed by atoms with Crippen LogP contribution in [0.4, 0.5) is 18.9 Å². The van der Waals surface area contributed by atoms with Gasteiger partial charge in [0.25, 0.3) is 0 Å². The first-order valence-electron chi connectivity index (χ1n) is 4.59. The molecule has 0 atom stereocenters. The zero-order valence-corrected chi connectivity index (χ0v) is 10.1. The lowest BCUT2D eigenvalue weighted by Gasteiger charge is -2.10. The summed E-state index contributed by atoms with van der Waals surface area (Å²) >= 11 is 5.74. The molecule has 1 aromatic carbocycles. The molecular weight excluding hydrogens is 259 g/mol. The third-order valence-electron chi connectivity index (χ3n) is 1.88. The van der Waals surface area contributed by atoms with Gasteiger partial charge < -0.3 is 5.32 Å². The Bertz CT molecular complexity index is 354. The number of thioether (sulfide) groups is 1. The van der Waals surface area contributed by atoms with Gasteiger partial charge in [0.15, 0.2) is 0 Å². The van der Waals surface area contributed by atoms with Crippen molar-refractivity contribution in [3.05, 3.63) is 28.8 Å². The Labute approximate surface area is 101 Å². The maximum Gasteiger partial charge on any atom is 0.441 e. The van der Waals surface area contributed by atoms with Crippen LogP contribution in [0.2, 0.25) is 5.02 Å². The van der Waals surface area contributed by atoms with Gasteiger partial charge in [-0.25, -0.2) is 0 Å². The van der Waals surface area contributed by atoms with Crippen molar-refractivity contribution in [2.24, 2.45) is 0 Å². The second-order valence-corrected chi connectivity index (χ2v) is 4.78. The second-order valence-electron chi connectivity index (χ2n) is 3.18. The molecule has 1 N–H and O–H groups in total. The fraction of sp³-hybridized carbons (Fsp3) is 0.400. The molecule has 16 heavy (non-hydrogen) atoms. The molecule has 0 saturated carbocycles. The summed E-state index contributed by atoms with van der Waals surface area (Å²) in [6, 6.07) is 5.27. The van der Waals surface area contributed by atoms with E-state index in [4.69, 9.17) is 11.6 Å². The summed E-state index contributed by atoms with van der Waals surface area (Å²) in [5.74, 6) is -0.0184. The normalized spacial score (nSPS) is 11.6. The van der Waals surface area contributed by atoms with E-state index in [9.17, 15) is 13.2 Å². The smallest absolute Gasteiger partial charge is 0.384 e. The van der Waals surface area contributed by atoms with Gasteiger partial charge in [-0.1, -0.05) is 17.7 Å². The molecule has 0 aromatic heterocycles. The quantitative estimate of drug-likeness (QED) is 0.818. The van der Waals surface area contributed by atoms with Crippen molar-refractivity contribution in [1.82, 2.24) is 0 Å². The second kappa shape index (κ2) is 5.68. The molecule has 0 radical (unpaired) electrons. The van der Waals surface area contributed by atoms with Crippen molar-refractivity contribution < 1.29 is 13.2 Å². The summed E-state index contributed by atoms with van der Waals surface area (Å²) in [6.07, 6.45) is 0. The number of nitrogens with one attached hydrogen (secondary N) is 1. The zero-order chi connectivity index (χ0) is 12.2. The van der Waals surface area contributed by atoms with Gasteiger partial charge in [0.05, 0.1) is 0 Å². The summed E-state index contributed by atoms with van der Waals surface area (Å²) in [7, 11) is 0. The first-order valence-corrected chi connectivity index (χ1v) is 5.95. The van der Waals surface area contributed by atoms with E-state index in [1.807, 2.05) is 13.0 Å². The largest absolute Gasteiger partial charge is 0.441 e. The Kier molecular flexibility index (Phi) is 4.80. The Morgan fingerprint density at radius 2 is 2.06 bits per heavy atom. The molecule has 0 heterocycles. The minimum atomic E-state index is -4.16. The Hall–Kier alpha value is -0.550. The van der Waals surface area contributed by atoms with Crippen molar-refractivity contribution in [3.63, 3.8) is 0 Å². The molecule has 1 aromatic rings. The Morgan fingerprint density at radius 3 is 2.69 bits per heavy atom. The van der Waals surface area contributed by atoms with Crippen molar-refractivity contribution in [2.45, 2.75) is 12.4 Å². The molecule has 0 aliphatic carbocycles. The highest BCUT2D eigenvalue weighted by Gasteiger charge is 2.27. The van der Waals surface area contributed by atoms with Crippen LogP contribution in [-0.2, 0) is 0 Å². The average Bonchev–Trinajstić information content (AvgIpc) is 2.16. The van der Waals surface area contributed by atoms with Crippen LogP contribution in [0.3, 0.4) is 0 Å². The van der Waals surface area contributed by atoms with E-state index in [1.54, 1.807) is 12.1 Å². The predicted octanol–water partition coefficient (Wildman–Crippen LogP) is 4.31. The number of halogens is 4. The number of benzene rings is 1. The van der Waals surface area contributed by atoms with Gasteiger partial charge in [-0.2, -0.15) is 13.2 Å². The lowest BCUT2D eigenvalue weighted by atomic mass is 10.2. The highest BCUT2D eigenvalue weighted by Crippen LogP contribution is 2.29. The third-order valence-corrected chi connectivity index (χ3v) is 2.85. The molecule has 0 saturated heterocycles. The summed E-state index contributed by atoms with van der Waals surface area (Å²) in [6.45, 7) is 2.13. The molecule has 6 heteroatoms. The SMILES string of the molecule is Cc1ccc(Cl)cc1NCCSC(F)(F)F. The minimum absolute atomic E-state index is 0.0184. The number of anilines is 1. The lowest BCUT2D eigenvalue weighted by molar-refractivity contribution is -0.0327. The van der Waals surface area contributed by atoms with E-state index in [0.717, 1.165) is 11.3 Å². The molecule has 0 unspecified atom stereocenters. The van der Waals surface area contributed by atoms with Gasteiger partial charge in [-0.15, -0.1) is 0 Å². The van der Waals surface area contributed by atoms with Crippen molar-refractivity contribution in [2.75, 3.05) is 17.6 Å². The molecule has 0 bridgehead atoms. The summed E-state index contributed by atoms with van der Waals surface area (Å²) in [5.41, 5.74) is -2.43. The molecule has 90 valence electrons. The first-order chi connectivity index (χ1) is 7.38. The maximum absolute atomic E-state index is 11.8. The van der Waals surface area contributed by atoms with Crippen molar-refractivity contribution in [3.8, 4) is 0 Å². The maximum atomic E-state index is 11.8. The van der Waals surface area contributed by atoms with E-state index < -0.39 is 5.51 Å². The molecule has 0 aliphatic heterocycles. The molecule has 1 rings (SSSR count). The standard InChI is InChI=1S/C10H11ClF3NS/c1-7-2-3-8(11)6-9(7)15-4-5-16-10(12,13)14/h2-3,6,15H,4-5H2,1H3. The third kappa shape index (κ3) is 4.99. The highest BCUT2D eigenvalue weighted by atomic mass is 35.5. The molecule has 0 fully saturated rings. The van der Waals surface area contributed by atoms with Crippen LogP contribution in [0.5, 0.6) is 0 Å². The van der Waals surface area contributed by atoms with Crippen LogP contribution >= 0.6 is 23.4 Å². The van der Waals surface area contributed by atoms with Crippen molar-refractivity contribution in [1.29, 1.82) is 0 Å². The molecule has 0 aliphatic rings. The monoisotopic (exact) mass is 269 g/mol. The fourth-order valence-electron chi connectivity index (χ4n) is 1.14. The van der Waals surface area contributed by atoms with Gasteiger partial charge >= 0.3 is 5.51 Å². The predicted molar refractivity (Wildman–Crippen MR) is 63.2 cm³/mol. The lowest BCUT2D eigenvalue weighted by Crippen LogP contribution is -2.10. The Balaban J connectivity index is 2.40. The van der Waals surface area contributed by atoms with Gasteiger partial charge in [-0.05, 0) is 36.4 Å². The summed E-state index contributed by atoms with van der Waals surface area (Å²) in [4.78, 5) is 0. The van der Waals surface area contributed by atoms with E-state index in [1.165, 1.54) is 0 Å². The zero-order valence-electron chi connectivity index (χ0n) is 8.57. The van der Waals surface area contributed by atoms with E-state index in [2.05, 4.69) is 5.32 Å². The topological polar surface area (TPSA) is 12.0 Å². The van der Waals surface area contributed by atoms with Crippen LogP contribution in [0.25, 0.3) is 0 Å². The Morgan fingerprint density at radius 1 is 1.38 bits per heavy atom. The van der Waals surface area contributed by atoms with E-state index >= 15 is 0 Å². The summed E-state index contributed by atoms with van der Waals surface area (Å²) < 4.78 is 35.5. The molecule has 0 amide bonds. The molecule has 1 nitrogen and oxygen atoms in total. The van der Waals surface area contributed by atoms with Crippen molar-refractivity contribution >= 4 is 29.1 Å².